The minimum absolute atomic E-state index is 0.0224. The third-order valence-corrected chi connectivity index (χ3v) is 4.36. The summed E-state index contributed by atoms with van der Waals surface area (Å²) in [6.45, 7) is 7.04. The Morgan fingerprint density at radius 2 is 2.10 bits per heavy atom. The van der Waals surface area contributed by atoms with Gasteiger partial charge in [-0.3, -0.25) is 9.79 Å². The maximum absolute atomic E-state index is 12.7. The van der Waals surface area contributed by atoms with Crippen LogP contribution in [0.3, 0.4) is 0 Å². The third kappa shape index (κ3) is 5.82. The molecule has 0 atom stereocenters. The number of aliphatic imine (C=N–C) groups is 3. The van der Waals surface area contributed by atoms with E-state index in [4.69, 9.17) is 10.5 Å². The summed E-state index contributed by atoms with van der Waals surface area (Å²) in [5.74, 6) is -0.690. The molecule has 0 saturated carbocycles. The predicted molar refractivity (Wildman–Crippen MR) is 108 cm³/mol. The van der Waals surface area contributed by atoms with E-state index in [0.29, 0.717) is 16.0 Å². The van der Waals surface area contributed by atoms with Crippen molar-refractivity contribution in [3.8, 4) is 5.75 Å². The highest BCUT2D eigenvalue weighted by molar-refractivity contribution is 7.20. The minimum Gasteiger partial charge on any atom is -0.439 e. The minimum atomic E-state index is -4.65. The first kappa shape index (κ1) is 22.0. The molecule has 1 amide bonds. The van der Waals surface area contributed by atoms with Gasteiger partial charge in [-0.15, -0.1) is 11.3 Å². The first-order valence-corrected chi connectivity index (χ1v) is 8.79. The molecular formula is C18H16F3N5O2S. The monoisotopic (exact) mass is 423 g/mol. The van der Waals surface area contributed by atoms with Crippen LogP contribution >= 0.6 is 11.3 Å². The topological polar surface area (TPSA) is 102 Å². The first-order chi connectivity index (χ1) is 13.7. The van der Waals surface area contributed by atoms with E-state index in [2.05, 4.69) is 33.1 Å². The number of aromatic nitrogens is 1. The Bertz CT molecular complexity index is 1040. The van der Waals surface area contributed by atoms with Crippen LogP contribution in [0.15, 0.2) is 58.6 Å². The van der Waals surface area contributed by atoms with Crippen molar-refractivity contribution in [2.24, 2.45) is 20.7 Å². The summed E-state index contributed by atoms with van der Waals surface area (Å²) in [7, 11) is 0.989. The zero-order chi connectivity index (χ0) is 21.6. The Morgan fingerprint density at radius 3 is 2.69 bits per heavy atom. The Morgan fingerprint density at radius 1 is 1.38 bits per heavy atom. The third-order valence-electron chi connectivity index (χ3n) is 3.35. The van der Waals surface area contributed by atoms with E-state index >= 15 is 0 Å². The van der Waals surface area contributed by atoms with E-state index in [1.807, 2.05) is 0 Å². The van der Waals surface area contributed by atoms with Gasteiger partial charge in [-0.05, 0) is 18.2 Å². The molecule has 0 spiro atoms. The van der Waals surface area contributed by atoms with Gasteiger partial charge in [0.1, 0.15) is 17.3 Å². The number of ether oxygens (including phenoxy) is 1. The van der Waals surface area contributed by atoms with E-state index in [1.54, 1.807) is 18.2 Å². The van der Waals surface area contributed by atoms with Crippen LogP contribution in [-0.4, -0.2) is 41.6 Å². The van der Waals surface area contributed by atoms with Gasteiger partial charge < -0.3 is 10.5 Å². The van der Waals surface area contributed by atoms with Crippen molar-refractivity contribution in [3.63, 3.8) is 0 Å². The second-order valence-corrected chi connectivity index (χ2v) is 6.39. The largest absolute Gasteiger partial charge is 0.439 e. The summed E-state index contributed by atoms with van der Waals surface area (Å²) in [6, 6.07) is 4.86. The molecule has 2 N–H and O–H groups in total. The van der Waals surface area contributed by atoms with E-state index in [9.17, 15) is 18.0 Å². The number of nitrogens with zero attached hydrogens (tertiary/aromatic N) is 4. The average Bonchev–Trinajstić information content (AvgIpc) is 3.08. The van der Waals surface area contributed by atoms with Gasteiger partial charge in [0.2, 0.25) is 5.90 Å². The lowest BCUT2D eigenvalue weighted by molar-refractivity contribution is -0.0598. The number of amides is 1. The van der Waals surface area contributed by atoms with Crippen LogP contribution in [0.5, 0.6) is 5.75 Å². The van der Waals surface area contributed by atoms with Gasteiger partial charge in [0, 0.05) is 19.3 Å². The number of halogens is 3. The molecule has 7 nitrogen and oxygen atoms in total. The van der Waals surface area contributed by atoms with Crippen LogP contribution in [0, 0.1) is 0 Å². The van der Waals surface area contributed by atoms with Crippen LogP contribution in [0.2, 0.25) is 0 Å². The number of rotatable bonds is 6. The van der Waals surface area contributed by atoms with E-state index in [1.165, 1.54) is 12.3 Å². The molecule has 0 bridgehead atoms. The van der Waals surface area contributed by atoms with E-state index in [-0.39, 0.29) is 10.9 Å². The van der Waals surface area contributed by atoms with Crippen LogP contribution in [-0.2, 0) is 0 Å². The molecule has 1 aromatic heterocycles. The number of hydrogen-bond donors (Lipinski definition) is 1. The fourth-order valence-electron chi connectivity index (χ4n) is 2.09. The van der Waals surface area contributed by atoms with Crippen LogP contribution < -0.4 is 10.5 Å². The van der Waals surface area contributed by atoms with Gasteiger partial charge in [-0.1, -0.05) is 13.2 Å². The fraction of sp³-hybridized carbons (Fsp3) is 0.167. The van der Waals surface area contributed by atoms with Crippen LogP contribution in [0.4, 0.5) is 13.2 Å². The second kappa shape index (κ2) is 9.24. The summed E-state index contributed by atoms with van der Waals surface area (Å²) < 4.78 is 44.3. The number of amidine groups is 1. The standard InChI is InChI=1S/C18H16F3N5O2S/c1-4-15(24-5-2)28-10-6-7-11-12(8-10)29-17(25-11)16(27)26-14(22)9-13(23-3)18(19,20)21/h4-8H,1-2,9H2,3H3,(H2,22,26,27). The van der Waals surface area contributed by atoms with E-state index in [0.717, 1.165) is 18.4 Å². The molecule has 0 saturated heterocycles. The molecule has 1 heterocycles. The zero-order valence-corrected chi connectivity index (χ0v) is 16.0. The summed E-state index contributed by atoms with van der Waals surface area (Å²) >= 11 is 0.998. The van der Waals surface area contributed by atoms with Gasteiger partial charge in [-0.25, -0.2) is 9.98 Å². The Balaban J connectivity index is 2.23. The summed E-state index contributed by atoms with van der Waals surface area (Å²) in [5, 5.41) is -0.0224. The maximum Gasteiger partial charge on any atom is 0.429 e. The number of fused-ring (bicyclic) bond motifs is 1. The number of benzene rings is 1. The molecule has 0 fully saturated rings. The van der Waals surface area contributed by atoms with Crippen molar-refractivity contribution in [2.75, 3.05) is 7.05 Å². The summed E-state index contributed by atoms with van der Waals surface area (Å²) in [5.41, 5.74) is 4.84. The smallest absolute Gasteiger partial charge is 0.429 e. The summed E-state index contributed by atoms with van der Waals surface area (Å²) in [6.07, 6.45) is -2.74. The van der Waals surface area contributed by atoms with E-state index < -0.39 is 30.1 Å². The lowest BCUT2D eigenvalue weighted by Gasteiger charge is -2.08. The number of carbonyl (C=O) groups is 1. The molecule has 1 aromatic carbocycles. The molecule has 29 heavy (non-hydrogen) atoms. The molecule has 152 valence electrons. The normalized spacial score (nSPS) is 13.4. The molecular weight excluding hydrogens is 407 g/mol. The van der Waals surface area contributed by atoms with Gasteiger partial charge in [0.15, 0.2) is 5.01 Å². The SMILES string of the molecule is C=CN=C(C=C)Oc1ccc2nc(C(=O)N=C(N)CC(=NC)C(F)(F)F)sc2c1. The Hall–Kier alpha value is -3.34. The average molecular weight is 423 g/mol. The van der Waals surface area contributed by atoms with Crippen LogP contribution in [0.1, 0.15) is 16.2 Å². The van der Waals surface area contributed by atoms with Crippen molar-refractivity contribution in [2.45, 2.75) is 12.6 Å². The zero-order valence-electron chi connectivity index (χ0n) is 15.2. The highest BCUT2D eigenvalue weighted by atomic mass is 32.1. The first-order valence-electron chi connectivity index (χ1n) is 7.97. The molecule has 0 aliphatic heterocycles. The molecule has 0 unspecified atom stereocenters. The molecule has 2 aromatic rings. The molecule has 2 rings (SSSR count). The van der Waals surface area contributed by atoms with Gasteiger partial charge >= 0.3 is 12.1 Å². The molecule has 0 radical (unpaired) electrons. The molecule has 0 aliphatic carbocycles. The number of alkyl halides is 3. The number of hydrogen-bond acceptors (Lipinski definition) is 6. The Kier molecular flexibility index (Phi) is 6.99. The number of thiazole rings is 1. The summed E-state index contributed by atoms with van der Waals surface area (Å²) in [4.78, 5) is 26.9. The van der Waals surface area contributed by atoms with Gasteiger partial charge in [0.05, 0.1) is 16.6 Å². The number of carbonyl (C=O) groups excluding carboxylic acids is 1. The lowest BCUT2D eigenvalue weighted by atomic mass is 10.2. The molecule has 11 heteroatoms. The highest BCUT2D eigenvalue weighted by Gasteiger charge is 2.35. The lowest BCUT2D eigenvalue weighted by Crippen LogP contribution is -2.29. The van der Waals surface area contributed by atoms with Crippen molar-refractivity contribution in [1.82, 2.24) is 4.98 Å². The van der Waals surface area contributed by atoms with Gasteiger partial charge in [-0.2, -0.15) is 18.2 Å². The van der Waals surface area contributed by atoms with Crippen molar-refractivity contribution in [3.05, 3.63) is 48.6 Å². The predicted octanol–water partition coefficient (Wildman–Crippen LogP) is 3.92. The molecule has 0 aliphatic rings. The quantitative estimate of drug-likeness (QED) is 0.562. The van der Waals surface area contributed by atoms with Crippen molar-refractivity contribution < 1.29 is 22.7 Å². The Labute approximate surface area is 167 Å². The van der Waals surface area contributed by atoms with Gasteiger partial charge in [0.25, 0.3) is 0 Å². The fourth-order valence-corrected chi connectivity index (χ4v) is 2.97. The second-order valence-electron chi connectivity index (χ2n) is 5.36. The van der Waals surface area contributed by atoms with Crippen molar-refractivity contribution in [1.29, 1.82) is 0 Å². The highest BCUT2D eigenvalue weighted by Crippen LogP contribution is 2.27. The maximum atomic E-state index is 12.7. The van der Waals surface area contributed by atoms with Crippen LogP contribution in [0.25, 0.3) is 10.2 Å². The number of nitrogens with two attached hydrogens (primary N) is 1. The van der Waals surface area contributed by atoms with Crippen molar-refractivity contribution >= 4 is 44.9 Å².